The molecule has 1 heterocycles. The average Bonchev–Trinajstić information content (AvgIpc) is 3.03. The topological polar surface area (TPSA) is 92.8 Å². The second kappa shape index (κ2) is 7.00. The summed E-state index contributed by atoms with van der Waals surface area (Å²) in [6.45, 7) is 4.07. The van der Waals surface area contributed by atoms with Gasteiger partial charge in [-0.05, 0) is 36.6 Å². The number of benzene rings is 1. The number of nitrogens with one attached hydrogen (secondary N) is 1. The molecule has 1 aliphatic rings. The summed E-state index contributed by atoms with van der Waals surface area (Å²) in [6, 6.07) is 6.20. The quantitative estimate of drug-likeness (QED) is 0.775. The second-order valence-corrected chi connectivity index (χ2v) is 8.90. The minimum atomic E-state index is -3.58. The normalized spacial score (nSPS) is 19.6. The Morgan fingerprint density at radius 1 is 1.30 bits per heavy atom. The van der Waals surface area contributed by atoms with Crippen LogP contribution in [0.1, 0.15) is 6.42 Å². The molecule has 0 radical (unpaired) electrons. The zero-order valence-electron chi connectivity index (χ0n) is 12.8. The van der Waals surface area contributed by atoms with Gasteiger partial charge in [0.05, 0.1) is 12.0 Å². The van der Waals surface area contributed by atoms with E-state index >= 15 is 0 Å². The van der Waals surface area contributed by atoms with Crippen molar-refractivity contribution in [2.24, 2.45) is 5.92 Å². The van der Waals surface area contributed by atoms with Crippen LogP contribution in [0.15, 0.2) is 41.1 Å². The van der Waals surface area contributed by atoms with Crippen molar-refractivity contribution in [1.82, 2.24) is 9.03 Å². The van der Waals surface area contributed by atoms with Gasteiger partial charge in [0.15, 0.2) is 0 Å². The number of methoxy groups -OCH3 is 1. The average molecular weight is 360 g/mol. The summed E-state index contributed by atoms with van der Waals surface area (Å²) in [5.74, 6) is 0.528. The highest BCUT2D eigenvalue weighted by atomic mass is 32.2. The summed E-state index contributed by atoms with van der Waals surface area (Å²) in [5, 5.41) is 0.841. The standard InChI is InChI=1S/C14H20N2O5S2/c1-3-22(17,18)15-10-12-8-9-16(11-12)23(19,20)14-6-4-13(21-2)5-7-14/h3-7,12,15H,1,8-11H2,2H3/t12-/m1/s1. The minimum absolute atomic E-state index is 0.0576. The van der Waals surface area contributed by atoms with E-state index < -0.39 is 20.0 Å². The molecular weight excluding hydrogens is 340 g/mol. The molecule has 1 N–H and O–H groups in total. The lowest BCUT2D eigenvalue weighted by Gasteiger charge is -2.17. The number of nitrogens with zero attached hydrogens (tertiary/aromatic N) is 1. The Balaban J connectivity index is 2.03. The molecule has 7 nitrogen and oxygen atoms in total. The maximum atomic E-state index is 12.6. The molecule has 0 aliphatic carbocycles. The van der Waals surface area contributed by atoms with E-state index in [9.17, 15) is 16.8 Å². The van der Waals surface area contributed by atoms with Gasteiger partial charge in [0, 0.05) is 25.0 Å². The molecule has 128 valence electrons. The molecule has 1 atom stereocenters. The van der Waals surface area contributed by atoms with Gasteiger partial charge in [-0.3, -0.25) is 0 Å². The Hall–Kier alpha value is -1.42. The van der Waals surface area contributed by atoms with E-state index in [1.165, 1.54) is 23.5 Å². The van der Waals surface area contributed by atoms with Gasteiger partial charge in [-0.15, -0.1) is 0 Å². The van der Waals surface area contributed by atoms with Crippen molar-refractivity contribution in [3.05, 3.63) is 36.3 Å². The van der Waals surface area contributed by atoms with Gasteiger partial charge in [-0.2, -0.15) is 4.31 Å². The van der Waals surface area contributed by atoms with Gasteiger partial charge >= 0.3 is 0 Å². The van der Waals surface area contributed by atoms with E-state index in [1.807, 2.05) is 0 Å². The first kappa shape index (κ1) is 17.9. The van der Waals surface area contributed by atoms with Crippen molar-refractivity contribution in [1.29, 1.82) is 0 Å². The molecule has 0 unspecified atom stereocenters. The summed E-state index contributed by atoms with van der Waals surface area (Å²) >= 11 is 0. The highest BCUT2D eigenvalue weighted by Gasteiger charge is 2.32. The first-order valence-electron chi connectivity index (χ1n) is 7.05. The minimum Gasteiger partial charge on any atom is -0.497 e. The molecule has 2 rings (SSSR count). The maximum absolute atomic E-state index is 12.6. The summed E-state index contributed by atoms with van der Waals surface area (Å²) in [5.41, 5.74) is 0. The van der Waals surface area contributed by atoms with E-state index in [1.54, 1.807) is 12.1 Å². The molecular formula is C14H20N2O5S2. The predicted molar refractivity (Wildman–Crippen MR) is 87.0 cm³/mol. The van der Waals surface area contributed by atoms with E-state index in [0.717, 1.165) is 5.41 Å². The van der Waals surface area contributed by atoms with Gasteiger partial charge in [0.25, 0.3) is 0 Å². The van der Waals surface area contributed by atoms with E-state index in [-0.39, 0.29) is 23.9 Å². The SMILES string of the molecule is C=CS(=O)(=O)NC[C@H]1CCN(S(=O)(=O)c2ccc(OC)cc2)C1. The van der Waals surface area contributed by atoms with Crippen LogP contribution in [0, 0.1) is 5.92 Å². The number of hydrogen-bond acceptors (Lipinski definition) is 5. The molecule has 23 heavy (non-hydrogen) atoms. The fourth-order valence-electron chi connectivity index (χ4n) is 2.37. The van der Waals surface area contributed by atoms with Crippen molar-refractivity contribution in [3.63, 3.8) is 0 Å². The fourth-order valence-corrected chi connectivity index (χ4v) is 4.49. The third kappa shape index (κ3) is 4.31. The van der Waals surface area contributed by atoms with Crippen LogP contribution in [0.2, 0.25) is 0 Å². The molecule has 0 spiro atoms. The smallest absolute Gasteiger partial charge is 0.243 e. The zero-order chi connectivity index (χ0) is 17.1. The summed E-state index contributed by atoms with van der Waals surface area (Å²) in [4.78, 5) is 0.200. The number of sulfonamides is 2. The van der Waals surface area contributed by atoms with Gasteiger partial charge in [-0.25, -0.2) is 21.6 Å². The van der Waals surface area contributed by atoms with E-state index in [4.69, 9.17) is 4.74 Å². The maximum Gasteiger partial charge on any atom is 0.243 e. The highest BCUT2D eigenvalue weighted by Crippen LogP contribution is 2.25. The fraction of sp³-hybridized carbons (Fsp3) is 0.429. The van der Waals surface area contributed by atoms with Crippen LogP contribution in [-0.2, 0) is 20.0 Å². The third-order valence-electron chi connectivity index (χ3n) is 3.74. The molecule has 0 aromatic heterocycles. The van der Waals surface area contributed by atoms with Gasteiger partial charge < -0.3 is 4.74 Å². The van der Waals surface area contributed by atoms with Gasteiger partial charge in [0.1, 0.15) is 5.75 Å². The van der Waals surface area contributed by atoms with Crippen LogP contribution in [0.3, 0.4) is 0 Å². The predicted octanol–water partition coefficient (Wildman–Crippen LogP) is 0.769. The van der Waals surface area contributed by atoms with Crippen molar-refractivity contribution in [3.8, 4) is 5.75 Å². The molecule has 0 bridgehead atoms. The molecule has 1 aromatic rings. The largest absolute Gasteiger partial charge is 0.497 e. The van der Waals surface area contributed by atoms with Crippen molar-refractivity contribution < 1.29 is 21.6 Å². The lowest BCUT2D eigenvalue weighted by Crippen LogP contribution is -2.32. The third-order valence-corrected chi connectivity index (χ3v) is 6.63. The Kier molecular flexibility index (Phi) is 5.45. The van der Waals surface area contributed by atoms with Crippen LogP contribution in [0.25, 0.3) is 0 Å². The first-order valence-corrected chi connectivity index (χ1v) is 10.0. The summed E-state index contributed by atoms with van der Waals surface area (Å²) in [7, 11) is -5.55. The van der Waals surface area contributed by atoms with Crippen LogP contribution in [0.5, 0.6) is 5.75 Å². The number of ether oxygens (including phenoxy) is 1. The zero-order valence-corrected chi connectivity index (χ0v) is 14.4. The Morgan fingerprint density at radius 3 is 2.52 bits per heavy atom. The van der Waals surface area contributed by atoms with E-state index in [2.05, 4.69) is 11.3 Å². The highest BCUT2D eigenvalue weighted by molar-refractivity contribution is 7.92. The monoisotopic (exact) mass is 360 g/mol. The Bertz CT molecular complexity index is 757. The molecule has 1 fully saturated rings. The molecule has 9 heteroatoms. The summed E-state index contributed by atoms with van der Waals surface area (Å²) < 4.78 is 56.6. The summed E-state index contributed by atoms with van der Waals surface area (Å²) in [6.07, 6.45) is 0.606. The molecule has 1 saturated heterocycles. The Labute approximate surface area is 137 Å². The Morgan fingerprint density at radius 2 is 1.96 bits per heavy atom. The molecule has 0 saturated carbocycles. The van der Waals surface area contributed by atoms with Crippen molar-refractivity contribution in [2.75, 3.05) is 26.7 Å². The van der Waals surface area contributed by atoms with Crippen molar-refractivity contribution >= 4 is 20.0 Å². The van der Waals surface area contributed by atoms with Gasteiger partial charge in [0.2, 0.25) is 20.0 Å². The number of hydrogen-bond donors (Lipinski definition) is 1. The van der Waals surface area contributed by atoms with Crippen LogP contribution >= 0.6 is 0 Å². The first-order chi connectivity index (χ1) is 10.8. The molecule has 1 aromatic carbocycles. The lowest BCUT2D eigenvalue weighted by atomic mass is 10.1. The number of rotatable bonds is 7. The second-order valence-electron chi connectivity index (χ2n) is 5.25. The van der Waals surface area contributed by atoms with Gasteiger partial charge in [-0.1, -0.05) is 6.58 Å². The van der Waals surface area contributed by atoms with Crippen molar-refractivity contribution in [2.45, 2.75) is 11.3 Å². The lowest BCUT2D eigenvalue weighted by molar-refractivity contribution is 0.414. The van der Waals surface area contributed by atoms with Crippen LogP contribution < -0.4 is 9.46 Å². The van der Waals surface area contributed by atoms with E-state index in [0.29, 0.717) is 18.7 Å². The molecule has 1 aliphatic heterocycles. The van der Waals surface area contributed by atoms with Crippen LogP contribution in [0.4, 0.5) is 0 Å². The van der Waals surface area contributed by atoms with Crippen LogP contribution in [-0.4, -0.2) is 47.9 Å². The molecule has 0 amide bonds.